The van der Waals surface area contributed by atoms with Gasteiger partial charge in [0.25, 0.3) is 5.91 Å². The van der Waals surface area contributed by atoms with Crippen molar-refractivity contribution < 1.29 is 49.0 Å². The van der Waals surface area contributed by atoms with E-state index >= 15 is 0 Å². The molecule has 0 saturated carbocycles. The first-order chi connectivity index (χ1) is 15.2. The summed E-state index contributed by atoms with van der Waals surface area (Å²) in [5.74, 6) is -1.70. The Labute approximate surface area is 185 Å². The summed E-state index contributed by atoms with van der Waals surface area (Å²) in [4.78, 5) is 33.6. The molecule has 2 atom stereocenters. The first kappa shape index (κ1) is 27.1. The van der Waals surface area contributed by atoms with Gasteiger partial charge in [0.15, 0.2) is 0 Å². The molecule has 12 nitrogen and oxygen atoms in total. The van der Waals surface area contributed by atoms with E-state index in [2.05, 4.69) is 10.6 Å². The number of aliphatic hydroxyl groups excluding tert-OH is 2. The molecule has 1 aliphatic heterocycles. The third-order valence-corrected chi connectivity index (χ3v) is 4.04. The Morgan fingerprint density at radius 1 is 1.12 bits per heavy atom. The number of rotatable bonds is 9. The predicted molar refractivity (Wildman–Crippen MR) is 110 cm³/mol. The van der Waals surface area contributed by atoms with Crippen LogP contribution in [0.25, 0.3) is 0 Å². The second-order valence-electron chi connectivity index (χ2n) is 6.83. The fraction of sp³-hybridized carbons (Fsp3) is 0.550. The minimum Gasteiger partial charge on any atom is -0.507 e. The number of hydrogen-bond donors (Lipinski definition) is 6. The van der Waals surface area contributed by atoms with Gasteiger partial charge in [0.1, 0.15) is 12.4 Å². The first-order valence-electron chi connectivity index (χ1n) is 9.88. The summed E-state index contributed by atoms with van der Waals surface area (Å²) in [5, 5.41) is 40.6. The number of carboxylic acids is 1. The zero-order valence-corrected chi connectivity index (χ0v) is 17.8. The smallest absolute Gasteiger partial charge is 0.407 e. The van der Waals surface area contributed by atoms with Crippen LogP contribution in [0.3, 0.4) is 0 Å². The number of nitrogens with one attached hydrogen (secondary N) is 2. The maximum absolute atomic E-state index is 11.9. The van der Waals surface area contributed by atoms with Crippen molar-refractivity contribution in [2.75, 3.05) is 40.0 Å². The second kappa shape index (κ2) is 15.0. The van der Waals surface area contributed by atoms with Crippen molar-refractivity contribution >= 4 is 18.0 Å². The number of aliphatic hydroxyl groups is 2. The highest BCUT2D eigenvalue weighted by atomic mass is 16.5. The van der Waals surface area contributed by atoms with Crippen LogP contribution in [0.2, 0.25) is 0 Å². The van der Waals surface area contributed by atoms with Gasteiger partial charge in [-0.2, -0.15) is 0 Å². The van der Waals surface area contributed by atoms with Crippen molar-refractivity contribution in [2.45, 2.75) is 31.7 Å². The Morgan fingerprint density at radius 3 is 2.38 bits per heavy atom. The molecular formula is C20H30N2O10. The van der Waals surface area contributed by atoms with E-state index in [4.69, 9.17) is 29.5 Å². The van der Waals surface area contributed by atoms with E-state index in [1.165, 1.54) is 25.3 Å². The molecule has 0 radical (unpaired) electrons. The zero-order chi connectivity index (χ0) is 23.9. The lowest BCUT2D eigenvalue weighted by atomic mass is 10.1. The number of carbonyl (C=O) groups excluding carboxylic acids is 2. The number of carboxylic acid groups (broad SMARTS) is 1. The molecule has 12 heteroatoms. The Balaban J connectivity index is 0.000000533. The summed E-state index contributed by atoms with van der Waals surface area (Å²) in [7, 11) is 1.50. The summed E-state index contributed by atoms with van der Waals surface area (Å²) in [6.07, 6.45) is -1.44. The van der Waals surface area contributed by atoms with Crippen LogP contribution in [0.5, 0.6) is 5.75 Å². The van der Waals surface area contributed by atoms with Gasteiger partial charge < -0.3 is 45.3 Å². The van der Waals surface area contributed by atoms with Crippen LogP contribution in [0, 0.1) is 0 Å². The van der Waals surface area contributed by atoms with Gasteiger partial charge in [0.2, 0.25) is 0 Å². The Morgan fingerprint density at radius 2 is 1.81 bits per heavy atom. The van der Waals surface area contributed by atoms with Crippen LogP contribution in [0.1, 0.15) is 28.8 Å². The molecule has 0 spiro atoms. The van der Waals surface area contributed by atoms with Gasteiger partial charge in [-0.1, -0.05) is 6.07 Å². The number of phenolic OH excluding ortho intramolecular Hbond substituents is 1. The normalized spacial score (nSPS) is 17.5. The van der Waals surface area contributed by atoms with Crippen LogP contribution >= 0.6 is 0 Å². The molecule has 2 unspecified atom stereocenters. The zero-order valence-electron chi connectivity index (χ0n) is 17.8. The highest BCUT2D eigenvalue weighted by Crippen LogP contribution is 2.19. The van der Waals surface area contributed by atoms with Gasteiger partial charge in [0, 0.05) is 26.6 Å². The molecule has 180 valence electrons. The number of aliphatic carboxylic acids is 1. The van der Waals surface area contributed by atoms with E-state index in [0.717, 1.165) is 0 Å². The number of carbonyl (C=O) groups is 3. The quantitative estimate of drug-likeness (QED) is 0.266. The molecule has 0 bridgehead atoms. The molecule has 2 rings (SSSR count). The number of aromatic hydroxyl groups is 1. The summed E-state index contributed by atoms with van der Waals surface area (Å²) < 4.78 is 14.5. The van der Waals surface area contributed by atoms with Gasteiger partial charge in [-0.15, -0.1) is 0 Å². The lowest BCUT2D eigenvalue weighted by Crippen LogP contribution is -2.32. The van der Waals surface area contributed by atoms with E-state index in [-0.39, 0.29) is 30.9 Å². The van der Waals surface area contributed by atoms with Gasteiger partial charge in [-0.05, 0) is 17.7 Å². The second-order valence-corrected chi connectivity index (χ2v) is 6.83. The van der Waals surface area contributed by atoms with E-state index in [0.29, 0.717) is 38.3 Å². The summed E-state index contributed by atoms with van der Waals surface area (Å²) in [6.45, 7) is 1.20. The molecule has 1 heterocycles. The van der Waals surface area contributed by atoms with Crippen molar-refractivity contribution in [1.29, 1.82) is 0 Å². The standard InChI is InChI=1S/C15H20N2O7.C5H10O3/c1-23-7-6-16-14(21)11-8-10(2-3-12(11)18)9-24-15(22)17-5-4-13(19)20;6-4-1-5(7)3-8-2-4/h2-3,8,18H,4-7,9H2,1H3,(H,16,21)(H,17,22)(H,19,20);4-7H,1-3H2. The van der Waals surface area contributed by atoms with Gasteiger partial charge in [0.05, 0.1) is 44.0 Å². The molecule has 32 heavy (non-hydrogen) atoms. The number of alkyl carbamates (subject to hydrolysis) is 1. The average Bonchev–Trinajstić information content (AvgIpc) is 2.73. The lowest BCUT2D eigenvalue weighted by Gasteiger charge is -2.21. The summed E-state index contributed by atoms with van der Waals surface area (Å²) >= 11 is 0. The summed E-state index contributed by atoms with van der Waals surface area (Å²) in [6, 6.07) is 4.24. The number of benzene rings is 1. The van der Waals surface area contributed by atoms with E-state index < -0.39 is 30.2 Å². The number of ether oxygens (including phenoxy) is 3. The average molecular weight is 458 g/mol. The molecule has 1 fully saturated rings. The van der Waals surface area contributed by atoms with Crippen LogP contribution in [-0.2, 0) is 25.6 Å². The number of hydrogen-bond acceptors (Lipinski definition) is 9. The first-order valence-corrected chi connectivity index (χ1v) is 9.88. The highest BCUT2D eigenvalue weighted by molar-refractivity contribution is 5.97. The maximum Gasteiger partial charge on any atom is 0.407 e. The third kappa shape index (κ3) is 11.5. The molecule has 1 aromatic rings. The third-order valence-electron chi connectivity index (χ3n) is 4.04. The maximum atomic E-state index is 11.9. The minimum absolute atomic E-state index is 0.0447. The minimum atomic E-state index is -1.03. The molecule has 2 amide bonds. The fourth-order valence-corrected chi connectivity index (χ4v) is 2.48. The Kier molecular flexibility index (Phi) is 12.7. The van der Waals surface area contributed by atoms with Crippen LogP contribution in [0.15, 0.2) is 18.2 Å². The van der Waals surface area contributed by atoms with Crippen LogP contribution in [-0.4, -0.2) is 90.6 Å². The van der Waals surface area contributed by atoms with Crippen molar-refractivity contribution in [3.05, 3.63) is 29.3 Å². The lowest BCUT2D eigenvalue weighted by molar-refractivity contribution is -0.136. The van der Waals surface area contributed by atoms with Gasteiger partial charge in [-0.3, -0.25) is 9.59 Å². The summed E-state index contributed by atoms with van der Waals surface area (Å²) in [5.41, 5.74) is 0.552. The van der Waals surface area contributed by atoms with Crippen molar-refractivity contribution in [3.63, 3.8) is 0 Å². The molecule has 1 aromatic carbocycles. The topological polar surface area (TPSA) is 184 Å². The predicted octanol–water partition coefficient (Wildman–Crippen LogP) is -0.402. The van der Waals surface area contributed by atoms with Crippen LogP contribution in [0.4, 0.5) is 4.79 Å². The highest BCUT2D eigenvalue weighted by Gasteiger charge is 2.17. The Bertz CT molecular complexity index is 735. The van der Waals surface area contributed by atoms with E-state index in [9.17, 15) is 19.5 Å². The fourth-order valence-electron chi connectivity index (χ4n) is 2.48. The number of phenols is 1. The van der Waals surface area contributed by atoms with E-state index in [1.807, 2.05) is 0 Å². The van der Waals surface area contributed by atoms with Crippen LogP contribution < -0.4 is 10.6 Å². The SMILES string of the molecule is COCCNC(=O)c1cc(COC(=O)NCCC(=O)O)ccc1O.OC1COCC(O)C1. The number of amides is 2. The molecule has 0 aliphatic carbocycles. The molecule has 1 saturated heterocycles. The number of methoxy groups -OCH3 is 1. The molecular weight excluding hydrogens is 428 g/mol. The van der Waals surface area contributed by atoms with Gasteiger partial charge in [-0.25, -0.2) is 4.79 Å². The molecule has 0 aromatic heterocycles. The molecule has 6 N–H and O–H groups in total. The van der Waals surface area contributed by atoms with Gasteiger partial charge >= 0.3 is 12.1 Å². The largest absolute Gasteiger partial charge is 0.507 e. The Hall–Kier alpha value is -2.93. The van der Waals surface area contributed by atoms with Crippen molar-refractivity contribution in [3.8, 4) is 5.75 Å². The van der Waals surface area contributed by atoms with E-state index in [1.54, 1.807) is 0 Å². The molecule has 1 aliphatic rings. The monoisotopic (exact) mass is 458 g/mol. The van der Waals surface area contributed by atoms with Crippen molar-refractivity contribution in [1.82, 2.24) is 10.6 Å². The van der Waals surface area contributed by atoms with Crippen molar-refractivity contribution in [2.24, 2.45) is 0 Å².